The highest BCUT2D eigenvalue weighted by Crippen LogP contribution is 2.53. The van der Waals surface area contributed by atoms with Crippen molar-refractivity contribution in [2.45, 2.75) is 64.6 Å². The van der Waals surface area contributed by atoms with Gasteiger partial charge in [0.15, 0.2) is 0 Å². The molecule has 3 N–H and O–H groups in total. The third-order valence-corrected chi connectivity index (χ3v) is 8.50. The summed E-state index contributed by atoms with van der Waals surface area (Å²) in [5.74, 6) is 0.108. The molecule has 1 aromatic carbocycles. The van der Waals surface area contributed by atoms with Crippen molar-refractivity contribution >= 4 is 35.3 Å². The zero-order chi connectivity index (χ0) is 28.2. The lowest BCUT2D eigenvalue weighted by atomic mass is 9.90. The zero-order valence-electron chi connectivity index (χ0n) is 23.2. The van der Waals surface area contributed by atoms with Gasteiger partial charge >= 0.3 is 12.1 Å². The van der Waals surface area contributed by atoms with Crippen molar-refractivity contribution in [3.63, 3.8) is 0 Å². The van der Waals surface area contributed by atoms with E-state index in [0.717, 1.165) is 25.8 Å². The van der Waals surface area contributed by atoms with Crippen LogP contribution >= 0.6 is 11.6 Å². The van der Waals surface area contributed by atoms with E-state index in [1.165, 1.54) is 4.90 Å². The van der Waals surface area contributed by atoms with Crippen LogP contribution in [0.4, 0.5) is 15.3 Å². The number of halogens is 1. The van der Waals surface area contributed by atoms with Crippen LogP contribution in [0.5, 0.6) is 0 Å². The van der Waals surface area contributed by atoms with E-state index in [2.05, 4.69) is 15.5 Å². The van der Waals surface area contributed by atoms with Crippen molar-refractivity contribution in [3.8, 4) is 0 Å². The molecule has 216 valence electrons. The number of anilines is 1. The summed E-state index contributed by atoms with van der Waals surface area (Å²) in [4.78, 5) is 44.3. The molecule has 3 aliphatic rings. The van der Waals surface area contributed by atoms with Gasteiger partial charge in [-0.3, -0.25) is 4.79 Å². The van der Waals surface area contributed by atoms with Crippen molar-refractivity contribution in [2.24, 2.45) is 11.3 Å². The van der Waals surface area contributed by atoms with E-state index in [4.69, 9.17) is 16.3 Å². The van der Waals surface area contributed by atoms with E-state index in [9.17, 15) is 19.5 Å². The van der Waals surface area contributed by atoms with Crippen LogP contribution in [-0.4, -0.2) is 102 Å². The summed E-state index contributed by atoms with van der Waals surface area (Å²) < 4.78 is 5.54. The number of ether oxygens (including phenoxy) is 1. The van der Waals surface area contributed by atoms with E-state index in [-0.39, 0.29) is 36.1 Å². The average molecular weight is 564 g/mol. The molecule has 1 saturated carbocycles. The van der Waals surface area contributed by atoms with Crippen molar-refractivity contribution < 1.29 is 24.2 Å². The Balaban J connectivity index is 1.37. The molecule has 2 saturated heterocycles. The largest absolute Gasteiger partial charge is 0.447 e. The van der Waals surface area contributed by atoms with Crippen LogP contribution in [0.3, 0.4) is 0 Å². The van der Waals surface area contributed by atoms with Gasteiger partial charge in [-0.2, -0.15) is 0 Å². The quantitative estimate of drug-likeness (QED) is 0.424. The number of amides is 4. The number of urea groups is 1. The number of piperidine rings is 1. The molecule has 1 aliphatic carbocycles. The minimum absolute atomic E-state index is 0.0669. The number of hydrogen-bond donors (Lipinski definition) is 3. The molecule has 0 radical (unpaired) electrons. The van der Waals surface area contributed by atoms with Gasteiger partial charge in [-0.05, 0) is 68.7 Å². The SMILES string of the molecule is CC(C)CNC(=O)OC[C@H](CCN1CCC2(CC2)[C@H](O)C1)N1CCN(C(=O)Nc2cccc(Cl)c2)[C@@H](C)C1=O. The fourth-order valence-corrected chi connectivity index (χ4v) is 5.68. The normalized spacial score (nSPS) is 23.6. The van der Waals surface area contributed by atoms with E-state index >= 15 is 0 Å². The second-order valence-electron chi connectivity index (χ2n) is 11.6. The first-order chi connectivity index (χ1) is 18.6. The summed E-state index contributed by atoms with van der Waals surface area (Å²) >= 11 is 6.03. The third-order valence-electron chi connectivity index (χ3n) is 8.26. The fourth-order valence-electron chi connectivity index (χ4n) is 5.49. The monoisotopic (exact) mass is 563 g/mol. The molecule has 0 aromatic heterocycles. The van der Waals surface area contributed by atoms with E-state index in [1.807, 2.05) is 13.8 Å². The fraction of sp³-hybridized carbons (Fsp3) is 0.679. The van der Waals surface area contributed by atoms with Crippen LogP contribution in [0.1, 0.15) is 46.5 Å². The van der Waals surface area contributed by atoms with Gasteiger partial charge in [0.05, 0.1) is 12.1 Å². The number of hydrogen-bond acceptors (Lipinski definition) is 6. The highest BCUT2D eigenvalue weighted by molar-refractivity contribution is 6.30. The van der Waals surface area contributed by atoms with E-state index < -0.39 is 12.1 Å². The van der Waals surface area contributed by atoms with Gasteiger partial charge in [0.2, 0.25) is 5.91 Å². The predicted octanol–water partition coefficient (Wildman–Crippen LogP) is 3.39. The van der Waals surface area contributed by atoms with Gasteiger partial charge in [-0.1, -0.05) is 31.5 Å². The second-order valence-corrected chi connectivity index (χ2v) is 12.0. The standard InChI is InChI=1S/C28H42ClN5O5/c1-19(2)16-30-27(38)39-18-23(7-11-32-12-10-28(8-9-28)24(35)17-32)34-14-13-33(20(3)25(34)36)26(37)31-22-6-4-5-21(29)15-22/h4-6,15,19-20,23-24,35H,7-14,16-18H2,1-3H3,(H,30,38)(H,31,37)/t20-,23-,24+/m0/s1. The topological polar surface area (TPSA) is 114 Å². The molecule has 3 fully saturated rings. The number of β-amino-alcohol motifs (C(OH)–C–C–N with tert-alkyl or cyclic N) is 1. The van der Waals surface area contributed by atoms with Crippen LogP contribution in [0.25, 0.3) is 0 Å². The zero-order valence-corrected chi connectivity index (χ0v) is 24.0. The maximum atomic E-state index is 13.5. The highest BCUT2D eigenvalue weighted by atomic mass is 35.5. The summed E-state index contributed by atoms with van der Waals surface area (Å²) in [6, 6.07) is 5.49. The Bertz CT molecular complexity index is 1040. The number of nitrogens with zero attached hydrogens (tertiary/aromatic N) is 3. The first kappa shape index (κ1) is 29.4. The Labute approximate surface area is 236 Å². The molecular weight excluding hydrogens is 522 g/mol. The van der Waals surface area contributed by atoms with Crippen LogP contribution in [0, 0.1) is 11.3 Å². The third kappa shape index (κ3) is 7.55. The molecule has 2 aliphatic heterocycles. The van der Waals surface area contributed by atoms with Crippen molar-refractivity contribution in [1.82, 2.24) is 20.0 Å². The lowest BCUT2D eigenvalue weighted by molar-refractivity contribution is -0.143. The minimum Gasteiger partial charge on any atom is -0.447 e. The van der Waals surface area contributed by atoms with Crippen LogP contribution < -0.4 is 10.6 Å². The number of likely N-dealkylation sites (tertiary alicyclic amines) is 1. The number of benzene rings is 1. The second kappa shape index (κ2) is 12.7. The highest BCUT2D eigenvalue weighted by Gasteiger charge is 2.51. The summed E-state index contributed by atoms with van der Waals surface area (Å²) in [6.45, 7) is 9.21. The van der Waals surface area contributed by atoms with Gasteiger partial charge in [0.1, 0.15) is 12.6 Å². The predicted molar refractivity (Wildman–Crippen MR) is 150 cm³/mol. The van der Waals surface area contributed by atoms with E-state index in [0.29, 0.717) is 55.8 Å². The average Bonchev–Trinajstić information content (AvgIpc) is 3.67. The van der Waals surface area contributed by atoms with Gasteiger partial charge in [0.25, 0.3) is 0 Å². The van der Waals surface area contributed by atoms with E-state index in [1.54, 1.807) is 36.1 Å². The Kier molecular flexibility index (Phi) is 9.61. The maximum Gasteiger partial charge on any atom is 0.407 e. The smallest absolute Gasteiger partial charge is 0.407 e. The molecular formula is C28H42ClN5O5. The van der Waals surface area contributed by atoms with Gasteiger partial charge in [-0.25, -0.2) is 9.59 Å². The molecule has 39 heavy (non-hydrogen) atoms. The Morgan fingerprint density at radius 3 is 2.64 bits per heavy atom. The Hall–Kier alpha value is -2.56. The number of carbonyl (C=O) groups is 3. The number of alkyl carbamates (subject to hydrolysis) is 1. The van der Waals surface area contributed by atoms with Gasteiger partial charge in [-0.15, -0.1) is 0 Å². The summed E-state index contributed by atoms with van der Waals surface area (Å²) in [6.07, 6.45) is 2.98. The van der Waals surface area contributed by atoms with Crippen molar-refractivity contribution in [2.75, 3.05) is 51.2 Å². The molecule has 10 nitrogen and oxygen atoms in total. The first-order valence-electron chi connectivity index (χ1n) is 14.0. The minimum atomic E-state index is -0.679. The number of piperazine rings is 1. The van der Waals surface area contributed by atoms with Crippen molar-refractivity contribution in [3.05, 3.63) is 29.3 Å². The Morgan fingerprint density at radius 2 is 1.97 bits per heavy atom. The number of aliphatic hydroxyl groups is 1. The number of carbonyl (C=O) groups excluding carboxylic acids is 3. The maximum absolute atomic E-state index is 13.5. The molecule has 0 bridgehead atoms. The lowest BCUT2D eigenvalue weighted by Gasteiger charge is -2.43. The number of rotatable bonds is 9. The number of aliphatic hydroxyl groups excluding tert-OH is 1. The van der Waals surface area contributed by atoms with Crippen molar-refractivity contribution in [1.29, 1.82) is 0 Å². The summed E-state index contributed by atoms with van der Waals surface area (Å²) in [5.41, 5.74) is 0.686. The molecule has 2 heterocycles. The van der Waals surface area contributed by atoms with Crippen LogP contribution in [-0.2, 0) is 9.53 Å². The van der Waals surface area contributed by atoms with Crippen LogP contribution in [0.15, 0.2) is 24.3 Å². The molecule has 1 aromatic rings. The summed E-state index contributed by atoms with van der Waals surface area (Å²) in [5, 5.41) is 16.7. The molecule has 4 rings (SSSR count). The first-order valence-corrected chi connectivity index (χ1v) is 14.4. The van der Waals surface area contributed by atoms with Gasteiger partial charge in [0, 0.05) is 43.4 Å². The molecule has 0 unspecified atom stereocenters. The molecule has 3 atom stereocenters. The lowest BCUT2D eigenvalue weighted by Crippen LogP contribution is -2.61. The summed E-state index contributed by atoms with van der Waals surface area (Å²) in [7, 11) is 0. The molecule has 1 spiro atoms. The molecule has 11 heteroatoms. The van der Waals surface area contributed by atoms with Gasteiger partial charge < -0.3 is 35.2 Å². The van der Waals surface area contributed by atoms with Crippen LogP contribution in [0.2, 0.25) is 5.02 Å². The number of nitrogens with one attached hydrogen (secondary N) is 2. The Morgan fingerprint density at radius 1 is 1.21 bits per heavy atom. The molecule has 4 amide bonds.